The van der Waals surface area contributed by atoms with Crippen LogP contribution >= 0.6 is 45.9 Å². The predicted octanol–water partition coefficient (Wildman–Crippen LogP) is 4.51. The molecule has 0 aromatic carbocycles. The number of pyridine rings is 1. The first-order valence-corrected chi connectivity index (χ1v) is 9.25. The summed E-state index contributed by atoms with van der Waals surface area (Å²) in [4.78, 5) is 9.34. The standard InChI is InChI=1S/C14H13Cl2FN4S2/c15-10-4-8(20-6-11-19-1-2-22-11)14-13(21-10)12(16)9(23-14)3-7(18)5-17/h1-2,4,7H,3,5-6,18H2,(H,20,21)/t7-/m1/s1. The van der Waals surface area contributed by atoms with E-state index >= 15 is 0 Å². The van der Waals surface area contributed by atoms with Crippen LogP contribution in [0.25, 0.3) is 10.2 Å². The third-order valence-corrected chi connectivity index (χ3v) is 5.91. The van der Waals surface area contributed by atoms with Gasteiger partial charge in [-0.25, -0.2) is 14.4 Å². The number of thiazole rings is 1. The summed E-state index contributed by atoms with van der Waals surface area (Å²) in [5.74, 6) is 0. The van der Waals surface area contributed by atoms with Crippen molar-refractivity contribution in [3.63, 3.8) is 0 Å². The van der Waals surface area contributed by atoms with Crippen LogP contribution in [-0.4, -0.2) is 22.7 Å². The van der Waals surface area contributed by atoms with Gasteiger partial charge in [0.2, 0.25) is 0 Å². The summed E-state index contributed by atoms with van der Waals surface area (Å²) in [6, 6.07) is 1.19. The topological polar surface area (TPSA) is 63.8 Å². The van der Waals surface area contributed by atoms with Crippen LogP contribution in [0.1, 0.15) is 9.88 Å². The SMILES string of the molecule is N[C@@H](CF)Cc1sc2c(NCc3nccs3)cc(Cl)nc2c1Cl. The monoisotopic (exact) mass is 390 g/mol. The maximum atomic E-state index is 12.7. The Balaban J connectivity index is 1.95. The molecule has 0 bridgehead atoms. The number of thiophene rings is 1. The molecule has 3 rings (SSSR count). The van der Waals surface area contributed by atoms with Crippen LogP contribution < -0.4 is 11.1 Å². The van der Waals surface area contributed by atoms with Crippen molar-refractivity contribution < 1.29 is 4.39 Å². The first kappa shape index (κ1) is 16.9. The number of rotatable bonds is 6. The van der Waals surface area contributed by atoms with Gasteiger partial charge < -0.3 is 11.1 Å². The average Bonchev–Trinajstić information content (AvgIpc) is 3.15. The molecule has 3 N–H and O–H groups in total. The van der Waals surface area contributed by atoms with Gasteiger partial charge in [-0.05, 0) is 0 Å². The molecule has 3 heterocycles. The lowest BCUT2D eigenvalue weighted by atomic mass is 10.2. The Bertz CT molecular complexity index is 807. The van der Waals surface area contributed by atoms with E-state index in [1.807, 2.05) is 5.38 Å². The number of anilines is 1. The highest BCUT2D eigenvalue weighted by molar-refractivity contribution is 7.20. The molecule has 4 nitrogen and oxygen atoms in total. The van der Waals surface area contributed by atoms with Crippen LogP contribution in [0, 0.1) is 0 Å². The number of hydrogen-bond acceptors (Lipinski definition) is 6. The Morgan fingerprint density at radius 1 is 1.39 bits per heavy atom. The molecule has 0 unspecified atom stereocenters. The molecular formula is C14H13Cl2FN4S2. The highest BCUT2D eigenvalue weighted by Crippen LogP contribution is 2.40. The molecule has 3 aromatic rings. The van der Waals surface area contributed by atoms with E-state index in [4.69, 9.17) is 28.9 Å². The van der Waals surface area contributed by atoms with Gasteiger partial charge in [-0.3, -0.25) is 0 Å². The van der Waals surface area contributed by atoms with Crippen molar-refractivity contribution in [2.45, 2.75) is 19.0 Å². The maximum absolute atomic E-state index is 12.7. The summed E-state index contributed by atoms with van der Waals surface area (Å²) < 4.78 is 13.5. The number of hydrogen-bond donors (Lipinski definition) is 2. The lowest BCUT2D eigenvalue weighted by Crippen LogP contribution is -2.24. The van der Waals surface area contributed by atoms with Crippen LogP contribution in [0.4, 0.5) is 10.1 Å². The third kappa shape index (κ3) is 3.75. The Morgan fingerprint density at radius 2 is 2.22 bits per heavy atom. The van der Waals surface area contributed by atoms with Crippen molar-refractivity contribution in [3.8, 4) is 0 Å². The summed E-state index contributed by atoms with van der Waals surface area (Å²) in [5, 5.41) is 7.04. The third-order valence-electron chi connectivity index (χ3n) is 3.18. The van der Waals surface area contributed by atoms with Crippen LogP contribution in [0.5, 0.6) is 0 Å². The molecule has 122 valence electrons. The van der Waals surface area contributed by atoms with E-state index < -0.39 is 12.7 Å². The Hall–Kier alpha value is -0.990. The Kier molecular flexibility index (Phi) is 5.33. The molecule has 0 radical (unpaired) electrons. The Morgan fingerprint density at radius 3 is 2.91 bits per heavy atom. The van der Waals surface area contributed by atoms with Crippen LogP contribution in [-0.2, 0) is 13.0 Å². The molecule has 0 spiro atoms. The van der Waals surface area contributed by atoms with Crippen molar-refractivity contribution in [1.82, 2.24) is 9.97 Å². The zero-order valence-corrected chi connectivity index (χ0v) is 15.0. The van der Waals surface area contributed by atoms with E-state index in [9.17, 15) is 4.39 Å². The number of halogens is 3. The van der Waals surface area contributed by atoms with Crippen molar-refractivity contribution in [2.24, 2.45) is 5.73 Å². The second-order valence-electron chi connectivity index (χ2n) is 4.91. The predicted molar refractivity (Wildman–Crippen MR) is 96.7 cm³/mol. The minimum Gasteiger partial charge on any atom is -0.377 e. The Labute approximate surface area is 150 Å². The maximum Gasteiger partial charge on any atom is 0.131 e. The fourth-order valence-corrected chi connectivity index (χ4v) is 4.47. The normalized spacial score (nSPS) is 12.7. The summed E-state index contributed by atoms with van der Waals surface area (Å²) in [6.45, 7) is -0.00410. The fourth-order valence-electron chi connectivity index (χ4n) is 2.12. The number of alkyl halides is 1. The van der Waals surface area contributed by atoms with Crippen molar-refractivity contribution >= 4 is 61.8 Å². The summed E-state index contributed by atoms with van der Waals surface area (Å²) in [5.41, 5.74) is 7.14. The fraction of sp³-hybridized carbons (Fsp3) is 0.286. The van der Waals surface area contributed by atoms with Gasteiger partial charge in [0, 0.05) is 35.0 Å². The van der Waals surface area contributed by atoms with Crippen molar-refractivity contribution in [2.75, 3.05) is 12.0 Å². The molecule has 0 amide bonds. The molecule has 0 saturated heterocycles. The van der Waals surface area contributed by atoms with Crippen molar-refractivity contribution in [1.29, 1.82) is 0 Å². The second kappa shape index (κ2) is 7.27. The van der Waals surface area contributed by atoms with E-state index in [1.165, 1.54) is 11.3 Å². The molecule has 0 aliphatic heterocycles. The molecular weight excluding hydrogens is 378 g/mol. The van der Waals surface area contributed by atoms with Gasteiger partial charge in [0.05, 0.1) is 22.0 Å². The quantitative estimate of drug-likeness (QED) is 0.607. The van der Waals surface area contributed by atoms with Crippen LogP contribution in [0.2, 0.25) is 10.2 Å². The van der Waals surface area contributed by atoms with Gasteiger partial charge in [0.15, 0.2) is 0 Å². The molecule has 9 heteroatoms. The highest BCUT2D eigenvalue weighted by Gasteiger charge is 2.18. The minimum absolute atomic E-state index is 0.347. The largest absolute Gasteiger partial charge is 0.377 e. The average molecular weight is 391 g/mol. The first-order valence-electron chi connectivity index (χ1n) is 6.79. The number of nitrogens with one attached hydrogen (secondary N) is 1. The molecule has 3 aromatic heterocycles. The van der Waals surface area contributed by atoms with E-state index in [-0.39, 0.29) is 0 Å². The van der Waals surface area contributed by atoms with Crippen LogP contribution in [0.3, 0.4) is 0 Å². The van der Waals surface area contributed by atoms with Gasteiger partial charge >= 0.3 is 0 Å². The van der Waals surface area contributed by atoms with E-state index in [2.05, 4.69) is 15.3 Å². The van der Waals surface area contributed by atoms with E-state index in [0.717, 1.165) is 20.3 Å². The zero-order valence-electron chi connectivity index (χ0n) is 11.9. The summed E-state index contributed by atoms with van der Waals surface area (Å²) in [7, 11) is 0. The molecule has 0 fully saturated rings. The molecule has 0 aliphatic rings. The van der Waals surface area contributed by atoms with E-state index in [0.29, 0.717) is 28.7 Å². The van der Waals surface area contributed by atoms with Gasteiger partial charge in [0.1, 0.15) is 22.4 Å². The van der Waals surface area contributed by atoms with Gasteiger partial charge in [0.25, 0.3) is 0 Å². The molecule has 0 saturated carbocycles. The zero-order chi connectivity index (χ0) is 16.4. The molecule has 1 atom stereocenters. The van der Waals surface area contributed by atoms with Crippen molar-refractivity contribution in [3.05, 3.63) is 37.7 Å². The lowest BCUT2D eigenvalue weighted by Gasteiger charge is -2.06. The number of nitrogens with zero attached hydrogens (tertiary/aromatic N) is 2. The summed E-state index contributed by atoms with van der Waals surface area (Å²) >= 11 is 15.5. The number of aromatic nitrogens is 2. The highest BCUT2D eigenvalue weighted by atomic mass is 35.5. The van der Waals surface area contributed by atoms with Gasteiger partial charge in [-0.2, -0.15) is 0 Å². The summed E-state index contributed by atoms with van der Waals surface area (Å²) in [6.07, 6.45) is 2.13. The lowest BCUT2D eigenvalue weighted by molar-refractivity contribution is 0.428. The van der Waals surface area contributed by atoms with E-state index in [1.54, 1.807) is 23.6 Å². The molecule has 23 heavy (non-hydrogen) atoms. The first-order chi connectivity index (χ1) is 11.1. The van der Waals surface area contributed by atoms with Gasteiger partial charge in [-0.1, -0.05) is 23.2 Å². The van der Waals surface area contributed by atoms with Crippen LogP contribution in [0.15, 0.2) is 17.6 Å². The number of nitrogens with two attached hydrogens (primary N) is 1. The molecule has 0 aliphatic carbocycles. The van der Waals surface area contributed by atoms with Gasteiger partial charge in [-0.15, -0.1) is 22.7 Å². The second-order valence-corrected chi connectivity index (χ2v) is 7.76. The minimum atomic E-state index is -0.589. The number of fused-ring (bicyclic) bond motifs is 1. The smallest absolute Gasteiger partial charge is 0.131 e.